The van der Waals surface area contributed by atoms with Gasteiger partial charge >= 0.3 is 0 Å². The number of nitrogens with zero attached hydrogens (tertiary/aromatic N) is 3. The second-order valence-corrected chi connectivity index (χ2v) is 6.41. The van der Waals surface area contributed by atoms with Gasteiger partial charge in [0.15, 0.2) is 0 Å². The largest absolute Gasteiger partial charge is 0.373 e. The van der Waals surface area contributed by atoms with E-state index in [1.165, 1.54) is 0 Å². The zero-order chi connectivity index (χ0) is 14.8. The SMILES string of the molecule is CN(C)CCn1ncc(Cl)c1C(N)C1(C)CCCCO1. The minimum Gasteiger partial charge on any atom is -0.373 e. The number of halogens is 1. The molecule has 0 aromatic carbocycles. The number of nitrogens with two attached hydrogens (primary N) is 1. The number of ether oxygens (including phenoxy) is 1. The summed E-state index contributed by atoms with van der Waals surface area (Å²) < 4.78 is 7.86. The summed E-state index contributed by atoms with van der Waals surface area (Å²) in [6.45, 7) is 4.53. The van der Waals surface area contributed by atoms with Crippen LogP contribution in [0.4, 0.5) is 0 Å². The highest BCUT2D eigenvalue weighted by Gasteiger charge is 2.38. The molecule has 1 aromatic rings. The molecule has 1 fully saturated rings. The second kappa shape index (κ2) is 6.43. The molecule has 1 aliphatic heterocycles. The Kier molecular flexibility index (Phi) is 5.07. The van der Waals surface area contributed by atoms with Gasteiger partial charge in [-0.25, -0.2) is 0 Å². The van der Waals surface area contributed by atoms with E-state index in [1.807, 2.05) is 18.8 Å². The van der Waals surface area contributed by atoms with Crippen LogP contribution in [0.2, 0.25) is 5.02 Å². The molecule has 1 aliphatic rings. The fourth-order valence-electron chi connectivity index (χ4n) is 2.64. The summed E-state index contributed by atoms with van der Waals surface area (Å²) in [5.74, 6) is 0. The number of hydrogen-bond acceptors (Lipinski definition) is 4. The number of rotatable bonds is 5. The Morgan fingerprint density at radius 3 is 2.90 bits per heavy atom. The second-order valence-electron chi connectivity index (χ2n) is 6.00. The highest BCUT2D eigenvalue weighted by molar-refractivity contribution is 6.31. The molecule has 0 saturated carbocycles. The lowest BCUT2D eigenvalue weighted by Crippen LogP contribution is -2.44. The third-order valence-corrected chi connectivity index (χ3v) is 4.34. The molecular formula is C14H25ClN4O. The lowest BCUT2D eigenvalue weighted by atomic mass is 9.87. The molecule has 2 N–H and O–H groups in total. The molecule has 0 aliphatic carbocycles. The maximum absolute atomic E-state index is 6.47. The minimum absolute atomic E-state index is 0.250. The molecule has 0 amide bonds. The van der Waals surface area contributed by atoms with Crippen molar-refractivity contribution in [2.75, 3.05) is 27.2 Å². The topological polar surface area (TPSA) is 56.3 Å². The predicted octanol–water partition coefficient (Wildman–Crippen LogP) is 2.06. The van der Waals surface area contributed by atoms with E-state index in [9.17, 15) is 0 Å². The van der Waals surface area contributed by atoms with Gasteiger partial charge in [-0.3, -0.25) is 4.68 Å². The standard InChI is InChI=1S/C14H25ClN4O/c1-14(6-4-5-9-20-14)13(16)12-11(15)10-17-19(12)8-7-18(2)3/h10,13H,4-9,16H2,1-3H3. The first kappa shape index (κ1) is 15.8. The number of aromatic nitrogens is 2. The molecule has 1 saturated heterocycles. The van der Waals surface area contributed by atoms with Crippen LogP contribution in [0.5, 0.6) is 0 Å². The monoisotopic (exact) mass is 300 g/mol. The van der Waals surface area contributed by atoms with Crippen LogP contribution in [0, 0.1) is 0 Å². The summed E-state index contributed by atoms with van der Waals surface area (Å²) in [7, 11) is 4.08. The van der Waals surface area contributed by atoms with Crippen molar-refractivity contribution < 1.29 is 4.74 Å². The molecule has 2 heterocycles. The van der Waals surface area contributed by atoms with Crippen LogP contribution in [-0.4, -0.2) is 47.5 Å². The zero-order valence-corrected chi connectivity index (χ0v) is 13.4. The molecular weight excluding hydrogens is 276 g/mol. The van der Waals surface area contributed by atoms with Gasteiger partial charge in [-0.1, -0.05) is 11.6 Å². The van der Waals surface area contributed by atoms with Crippen molar-refractivity contribution >= 4 is 11.6 Å². The Hall–Kier alpha value is -0.620. The van der Waals surface area contributed by atoms with Gasteiger partial charge in [0.25, 0.3) is 0 Å². The van der Waals surface area contributed by atoms with Gasteiger partial charge < -0.3 is 15.4 Å². The first-order valence-corrected chi connectivity index (χ1v) is 7.57. The Morgan fingerprint density at radius 1 is 1.55 bits per heavy atom. The van der Waals surface area contributed by atoms with Crippen molar-refractivity contribution in [1.29, 1.82) is 0 Å². The smallest absolute Gasteiger partial charge is 0.0862 e. The summed E-state index contributed by atoms with van der Waals surface area (Å²) in [5.41, 5.74) is 7.01. The van der Waals surface area contributed by atoms with Gasteiger partial charge in [0.2, 0.25) is 0 Å². The van der Waals surface area contributed by atoms with Gasteiger partial charge in [0.1, 0.15) is 0 Å². The molecule has 114 valence electrons. The Bertz CT molecular complexity index is 440. The van der Waals surface area contributed by atoms with E-state index in [0.29, 0.717) is 5.02 Å². The zero-order valence-electron chi connectivity index (χ0n) is 12.6. The molecule has 0 spiro atoms. The van der Waals surface area contributed by atoms with Crippen molar-refractivity contribution in [3.8, 4) is 0 Å². The first-order chi connectivity index (χ1) is 9.44. The van der Waals surface area contributed by atoms with E-state index in [2.05, 4.69) is 16.9 Å². The summed E-state index contributed by atoms with van der Waals surface area (Å²) in [4.78, 5) is 2.11. The van der Waals surface area contributed by atoms with Gasteiger partial charge in [-0.2, -0.15) is 5.10 Å². The molecule has 6 heteroatoms. The average molecular weight is 301 g/mol. The van der Waals surface area contributed by atoms with E-state index in [4.69, 9.17) is 22.1 Å². The highest BCUT2D eigenvalue weighted by atomic mass is 35.5. The fraction of sp³-hybridized carbons (Fsp3) is 0.786. The molecule has 5 nitrogen and oxygen atoms in total. The predicted molar refractivity (Wildman–Crippen MR) is 80.9 cm³/mol. The van der Waals surface area contributed by atoms with Crippen molar-refractivity contribution in [1.82, 2.24) is 14.7 Å². The minimum atomic E-state index is -0.349. The van der Waals surface area contributed by atoms with E-state index >= 15 is 0 Å². The van der Waals surface area contributed by atoms with Crippen LogP contribution in [0.15, 0.2) is 6.20 Å². The Balaban J connectivity index is 2.19. The molecule has 2 rings (SSSR count). The summed E-state index contributed by atoms with van der Waals surface area (Å²) >= 11 is 6.30. The molecule has 2 atom stereocenters. The van der Waals surface area contributed by atoms with Gasteiger partial charge in [0, 0.05) is 13.2 Å². The lowest BCUT2D eigenvalue weighted by Gasteiger charge is -2.39. The quantitative estimate of drug-likeness (QED) is 0.904. The Labute approximate surface area is 126 Å². The van der Waals surface area contributed by atoms with Gasteiger partial charge in [-0.15, -0.1) is 0 Å². The first-order valence-electron chi connectivity index (χ1n) is 7.19. The number of likely N-dealkylation sites (N-methyl/N-ethyl adjacent to an activating group) is 1. The van der Waals surface area contributed by atoms with Crippen LogP contribution in [0.1, 0.15) is 37.9 Å². The van der Waals surface area contributed by atoms with E-state index < -0.39 is 0 Å². The summed E-state index contributed by atoms with van der Waals surface area (Å²) in [5, 5.41) is 4.99. The van der Waals surface area contributed by atoms with Crippen molar-refractivity contribution in [3.63, 3.8) is 0 Å². The van der Waals surface area contributed by atoms with Crippen molar-refractivity contribution in [2.45, 2.75) is 44.4 Å². The maximum Gasteiger partial charge on any atom is 0.0862 e. The van der Waals surface area contributed by atoms with E-state index in [-0.39, 0.29) is 11.6 Å². The Morgan fingerprint density at radius 2 is 2.30 bits per heavy atom. The molecule has 20 heavy (non-hydrogen) atoms. The van der Waals surface area contributed by atoms with Crippen LogP contribution < -0.4 is 5.73 Å². The third kappa shape index (κ3) is 3.34. The van der Waals surface area contributed by atoms with E-state index in [1.54, 1.807) is 6.20 Å². The highest BCUT2D eigenvalue weighted by Crippen LogP contribution is 2.37. The van der Waals surface area contributed by atoms with Crippen LogP contribution in [0.3, 0.4) is 0 Å². The number of hydrogen-bond donors (Lipinski definition) is 1. The van der Waals surface area contributed by atoms with Gasteiger partial charge in [-0.05, 0) is 40.3 Å². The molecule has 2 unspecified atom stereocenters. The normalized spacial score (nSPS) is 25.1. The van der Waals surface area contributed by atoms with Crippen molar-refractivity contribution in [3.05, 3.63) is 16.9 Å². The molecule has 0 bridgehead atoms. The lowest BCUT2D eigenvalue weighted by molar-refractivity contribution is -0.0835. The van der Waals surface area contributed by atoms with Gasteiger partial charge in [0.05, 0.1) is 35.1 Å². The van der Waals surface area contributed by atoms with E-state index in [0.717, 1.165) is 44.7 Å². The summed E-state index contributed by atoms with van der Waals surface area (Å²) in [6, 6.07) is -0.250. The fourth-order valence-corrected chi connectivity index (χ4v) is 2.90. The molecule has 0 radical (unpaired) electrons. The molecule has 1 aromatic heterocycles. The van der Waals surface area contributed by atoms with Crippen LogP contribution >= 0.6 is 11.6 Å². The van der Waals surface area contributed by atoms with Crippen molar-refractivity contribution in [2.24, 2.45) is 5.73 Å². The summed E-state index contributed by atoms with van der Waals surface area (Å²) in [6.07, 6.45) is 4.89. The van der Waals surface area contributed by atoms with Crippen LogP contribution in [-0.2, 0) is 11.3 Å². The average Bonchev–Trinajstić information content (AvgIpc) is 2.77. The van der Waals surface area contributed by atoms with Crippen LogP contribution in [0.25, 0.3) is 0 Å². The third-order valence-electron chi connectivity index (χ3n) is 4.04. The maximum atomic E-state index is 6.47.